The number of halogens is 1. The van der Waals surface area contributed by atoms with Crippen molar-refractivity contribution in [2.24, 2.45) is 0 Å². The molecule has 2 N–H and O–H groups in total. The number of amides is 1. The van der Waals surface area contributed by atoms with Crippen molar-refractivity contribution in [3.63, 3.8) is 0 Å². The molecule has 0 unspecified atom stereocenters. The topological polar surface area (TPSA) is 68.4 Å². The number of benzene rings is 1. The van der Waals surface area contributed by atoms with Crippen molar-refractivity contribution in [2.75, 3.05) is 27.2 Å². The summed E-state index contributed by atoms with van der Waals surface area (Å²) in [6.45, 7) is 1.59. The normalized spacial score (nSPS) is 11.1. The van der Waals surface area contributed by atoms with Crippen LogP contribution in [0.3, 0.4) is 0 Å². The molecule has 1 amide bonds. The largest absolute Gasteiger partial charge is 0.346 e. The number of aromatic nitrogens is 2. The lowest BCUT2D eigenvalue weighted by atomic mass is 10.1. The fraction of sp³-hybridized carbons (Fsp3) is 0.250. The number of nitrogens with one attached hydrogen (secondary N) is 2. The molecule has 0 aliphatic carbocycles. The molecule has 0 fully saturated rings. The number of carbonyl (C=O) groups is 1. The van der Waals surface area contributed by atoms with Gasteiger partial charge in [-0.05, 0) is 35.9 Å². The highest BCUT2D eigenvalue weighted by molar-refractivity contribution is 6.30. The van der Waals surface area contributed by atoms with E-state index < -0.39 is 0 Å². The Kier molecular flexibility index (Phi) is 5.88. The van der Waals surface area contributed by atoms with Crippen molar-refractivity contribution in [1.29, 1.82) is 0 Å². The first-order valence-electron chi connectivity index (χ1n) is 8.76. The maximum absolute atomic E-state index is 13.0. The number of carbonyl (C=O) groups excluding carboxylic acids is 1. The molecule has 0 atom stereocenters. The first-order valence-corrected chi connectivity index (χ1v) is 9.14. The van der Waals surface area contributed by atoms with Crippen molar-refractivity contribution < 1.29 is 9.69 Å². The van der Waals surface area contributed by atoms with Crippen LogP contribution in [-0.4, -0.2) is 42.6 Å². The maximum atomic E-state index is 13.0. The fourth-order valence-electron chi connectivity index (χ4n) is 2.81. The van der Waals surface area contributed by atoms with E-state index in [1.807, 2.05) is 32.3 Å². The Morgan fingerprint density at radius 1 is 1.22 bits per heavy atom. The Bertz CT molecular complexity index is 1010. The maximum Gasteiger partial charge on any atom is 0.265 e. The van der Waals surface area contributed by atoms with Crippen molar-refractivity contribution in [2.45, 2.75) is 6.54 Å². The van der Waals surface area contributed by atoms with Crippen LogP contribution >= 0.6 is 11.6 Å². The van der Waals surface area contributed by atoms with Crippen LogP contribution in [0.1, 0.15) is 15.9 Å². The molecule has 0 spiro atoms. The summed E-state index contributed by atoms with van der Waals surface area (Å²) in [5, 5.41) is 4.20. The van der Waals surface area contributed by atoms with Gasteiger partial charge in [-0.25, -0.2) is 4.98 Å². The standard InChI is InChI=1S/C20H21ClN4O2/c1-24(2)11-10-23-19(26)17-12-15-4-3-9-22-18(15)25(20(17)27)13-14-5-7-16(21)8-6-14/h3-9,12H,10-11,13H2,1-2H3,(H,23,26)/p+1. The zero-order chi connectivity index (χ0) is 19.4. The molecule has 27 heavy (non-hydrogen) atoms. The minimum absolute atomic E-state index is 0.123. The lowest BCUT2D eigenvalue weighted by molar-refractivity contribution is -0.856. The minimum atomic E-state index is -0.364. The third kappa shape index (κ3) is 4.53. The van der Waals surface area contributed by atoms with Gasteiger partial charge in [-0.15, -0.1) is 0 Å². The zero-order valence-corrected chi connectivity index (χ0v) is 16.1. The number of pyridine rings is 2. The number of hydrogen-bond donors (Lipinski definition) is 2. The van der Waals surface area contributed by atoms with Gasteiger partial charge < -0.3 is 10.2 Å². The van der Waals surface area contributed by atoms with Crippen molar-refractivity contribution in [3.8, 4) is 0 Å². The molecule has 6 nitrogen and oxygen atoms in total. The fourth-order valence-corrected chi connectivity index (χ4v) is 2.94. The number of likely N-dealkylation sites (N-methyl/N-ethyl adjacent to an activating group) is 1. The second-order valence-corrected chi connectivity index (χ2v) is 7.14. The van der Waals surface area contributed by atoms with Crippen LogP contribution in [0.4, 0.5) is 0 Å². The Morgan fingerprint density at radius 3 is 2.67 bits per heavy atom. The Morgan fingerprint density at radius 2 is 1.96 bits per heavy atom. The summed E-state index contributed by atoms with van der Waals surface area (Å²) in [7, 11) is 4.01. The molecule has 3 aromatic rings. The molecule has 7 heteroatoms. The third-order valence-electron chi connectivity index (χ3n) is 4.26. The van der Waals surface area contributed by atoms with Crippen molar-refractivity contribution in [3.05, 3.63) is 75.2 Å². The number of nitrogens with zero attached hydrogens (tertiary/aromatic N) is 2. The summed E-state index contributed by atoms with van der Waals surface area (Å²) in [5.74, 6) is -0.364. The predicted octanol–water partition coefficient (Wildman–Crippen LogP) is 0.973. The molecule has 0 saturated carbocycles. The second kappa shape index (κ2) is 8.33. The lowest BCUT2D eigenvalue weighted by Gasteiger charge is -2.13. The van der Waals surface area contributed by atoms with Crippen LogP contribution in [0.2, 0.25) is 5.02 Å². The van der Waals surface area contributed by atoms with Gasteiger partial charge in [0.05, 0.1) is 33.7 Å². The highest BCUT2D eigenvalue weighted by Gasteiger charge is 2.16. The Hall–Kier alpha value is -2.70. The van der Waals surface area contributed by atoms with Crippen LogP contribution in [0.15, 0.2) is 53.5 Å². The third-order valence-corrected chi connectivity index (χ3v) is 4.51. The Labute approximate surface area is 162 Å². The van der Waals surface area contributed by atoms with Crippen LogP contribution in [-0.2, 0) is 6.54 Å². The van der Waals surface area contributed by atoms with Gasteiger partial charge in [-0.3, -0.25) is 14.2 Å². The van der Waals surface area contributed by atoms with Gasteiger partial charge in [0.15, 0.2) is 0 Å². The van der Waals surface area contributed by atoms with E-state index >= 15 is 0 Å². The average molecular weight is 386 g/mol. The lowest BCUT2D eigenvalue weighted by Crippen LogP contribution is -3.06. The van der Waals surface area contributed by atoms with E-state index in [0.717, 1.165) is 17.5 Å². The highest BCUT2D eigenvalue weighted by Crippen LogP contribution is 2.14. The number of fused-ring (bicyclic) bond motifs is 1. The summed E-state index contributed by atoms with van der Waals surface area (Å²) in [4.78, 5) is 31.2. The van der Waals surface area contributed by atoms with Crippen LogP contribution in [0.5, 0.6) is 0 Å². The molecule has 0 aliphatic rings. The molecule has 1 aromatic carbocycles. The van der Waals surface area contributed by atoms with Gasteiger partial charge in [0.1, 0.15) is 11.2 Å². The van der Waals surface area contributed by atoms with E-state index in [2.05, 4.69) is 10.3 Å². The van der Waals surface area contributed by atoms with Gasteiger partial charge in [-0.1, -0.05) is 23.7 Å². The van der Waals surface area contributed by atoms with E-state index in [1.165, 1.54) is 9.47 Å². The van der Waals surface area contributed by atoms with E-state index in [4.69, 9.17) is 11.6 Å². The van der Waals surface area contributed by atoms with E-state index in [9.17, 15) is 9.59 Å². The first-order chi connectivity index (χ1) is 13.0. The van der Waals surface area contributed by atoms with E-state index in [-0.39, 0.29) is 17.0 Å². The molecule has 2 heterocycles. The van der Waals surface area contributed by atoms with Crippen LogP contribution in [0, 0.1) is 0 Å². The smallest absolute Gasteiger partial charge is 0.265 e. The number of quaternary nitrogens is 1. The van der Waals surface area contributed by atoms with Crippen molar-refractivity contribution in [1.82, 2.24) is 14.9 Å². The molecule has 0 saturated heterocycles. The molecule has 140 valence electrons. The summed E-state index contributed by atoms with van der Waals surface area (Å²) < 4.78 is 1.53. The van der Waals surface area contributed by atoms with E-state index in [1.54, 1.807) is 30.5 Å². The SMILES string of the molecule is C[NH+](C)CCNC(=O)c1cc2cccnc2n(Cc2ccc(Cl)cc2)c1=O. The molecule has 0 bridgehead atoms. The number of hydrogen-bond acceptors (Lipinski definition) is 3. The van der Waals surface area contributed by atoms with Crippen molar-refractivity contribution >= 4 is 28.5 Å². The zero-order valence-electron chi connectivity index (χ0n) is 15.3. The van der Waals surface area contributed by atoms with Gasteiger partial charge in [0, 0.05) is 16.6 Å². The molecular formula is C20H22ClN4O2+. The number of rotatable bonds is 6. The molecule has 0 aliphatic heterocycles. The van der Waals surface area contributed by atoms with Crippen LogP contribution < -0.4 is 15.8 Å². The molecule has 0 radical (unpaired) electrons. The summed E-state index contributed by atoms with van der Waals surface area (Å²) >= 11 is 5.94. The van der Waals surface area contributed by atoms with Gasteiger partial charge in [0.25, 0.3) is 11.5 Å². The monoisotopic (exact) mass is 385 g/mol. The quantitative estimate of drug-likeness (QED) is 0.664. The predicted molar refractivity (Wildman–Crippen MR) is 107 cm³/mol. The second-order valence-electron chi connectivity index (χ2n) is 6.71. The highest BCUT2D eigenvalue weighted by atomic mass is 35.5. The summed E-state index contributed by atoms with van der Waals surface area (Å²) in [6, 6.07) is 12.5. The summed E-state index contributed by atoms with van der Waals surface area (Å²) in [6.07, 6.45) is 1.64. The van der Waals surface area contributed by atoms with E-state index in [0.29, 0.717) is 23.8 Å². The summed E-state index contributed by atoms with van der Waals surface area (Å²) in [5.41, 5.74) is 1.22. The van der Waals surface area contributed by atoms with Crippen LogP contribution in [0.25, 0.3) is 11.0 Å². The Balaban J connectivity index is 2.00. The molecular weight excluding hydrogens is 364 g/mol. The molecule has 2 aromatic heterocycles. The first kappa shape index (κ1) is 19.1. The average Bonchev–Trinajstić information content (AvgIpc) is 2.65. The van der Waals surface area contributed by atoms with Gasteiger partial charge in [0.2, 0.25) is 0 Å². The molecule has 3 rings (SSSR count). The minimum Gasteiger partial charge on any atom is -0.346 e. The van der Waals surface area contributed by atoms with Gasteiger partial charge in [-0.2, -0.15) is 0 Å². The van der Waals surface area contributed by atoms with Gasteiger partial charge >= 0.3 is 0 Å².